The fourth-order valence-corrected chi connectivity index (χ4v) is 3.11. The van der Waals surface area contributed by atoms with E-state index in [1.54, 1.807) is 11.3 Å². The van der Waals surface area contributed by atoms with Crippen molar-refractivity contribution in [3.05, 3.63) is 19.8 Å². The van der Waals surface area contributed by atoms with Gasteiger partial charge in [-0.2, -0.15) is 0 Å². The Bertz CT molecular complexity index is 287. The molecule has 0 spiro atoms. The van der Waals surface area contributed by atoms with E-state index in [1.807, 2.05) is 0 Å². The Morgan fingerprint density at radius 2 is 2.33 bits per heavy atom. The number of rotatable bonds is 2. The van der Waals surface area contributed by atoms with Gasteiger partial charge in [0.05, 0.1) is 0 Å². The molecule has 0 atom stereocenters. The molecule has 66 valence electrons. The lowest BCUT2D eigenvalue weighted by Gasteiger charge is -2.04. The fourth-order valence-electron chi connectivity index (χ4n) is 1.16. The molecule has 0 bridgehead atoms. The highest BCUT2D eigenvalue weighted by atomic mass is 79.9. The molecule has 0 radical (unpaired) electrons. The maximum Gasteiger partial charge on any atom is 0.107 e. The zero-order chi connectivity index (χ0) is 8.77. The van der Waals surface area contributed by atoms with Gasteiger partial charge >= 0.3 is 0 Å². The van der Waals surface area contributed by atoms with E-state index in [4.69, 9.17) is 17.3 Å². The van der Waals surface area contributed by atoms with Crippen molar-refractivity contribution in [1.82, 2.24) is 0 Å². The van der Waals surface area contributed by atoms with E-state index in [-0.39, 0.29) is 5.54 Å². The minimum absolute atomic E-state index is 0.0909. The van der Waals surface area contributed by atoms with Crippen molar-refractivity contribution in [3.63, 3.8) is 0 Å². The van der Waals surface area contributed by atoms with E-state index in [9.17, 15) is 0 Å². The van der Waals surface area contributed by atoms with Crippen molar-refractivity contribution in [2.45, 2.75) is 24.8 Å². The Morgan fingerprint density at radius 3 is 2.75 bits per heavy atom. The largest absolute Gasteiger partial charge is 0.325 e. The van der Waals surface area contributed by atoms with Gasteiger partial charge < -0.3 is 5.73 Å². The molecule has 0 amide bonds. The lowest BCUT2D eigenvalue weighted by molar-refractivity contribution is 0.679. The van der Waals surface area contributed by atoms with E-state index in [1.165, 1.54) is 4.88 Å². The first-order chi connectivity index (χ1) is 5.59. The van der Waals surface area contributed by atoms with Crippen LogP contribution in [0.25, 0.3) is 0 Å². The Hall–Kier alpha value is 0.430. The number of nitrogens with two attached hydrogens (primary N) is 1. The molecule has 0 saturated heterocycles. The van der Waals surface area contributed by atoms with Gasteiger partial charge in [-0.1, -0.05) is 11.6 Å². The average molecular weight is 267 g/mol. The van der Waals surface area contributed by atoms with Crippen LogP contribution in [0.4, 0.5) is 0 Å². The average Bonchev–Trinajstić information content (AvgIpc) is 2.59. The first kappa shape index (κ1) is 9.00. The van der Waals surface area contributed by atoms with Gasteiger partial charge in [-0.05, 0) is 41.3 Å². The quantitative estimate of drug-likeness (QED) is 0.874. The van der Waals surface area contributed by atoms with Gasteiger partial charge in [0, 0.05) is 14.9 Å². The topological polar surface area (TPSA) is 26.0 Å². The summed E-state index contributed by atoms with van der Waals surface area (Å²) in [6.45, 7) is 0. The summed E-state index contributed by atoms with van der Waals surface area (Å²) in [6.07, 6.45) is 3.28. The Morgan fingerprint density at radius 1 is 1.67 bits per heavy atom. The van der Waals surface area contributed by atoms with E-state index < -0.39 is 0 Å². The molecule has 12 heavy (non-hydrogen) atoms. The van der Waals surface area contributed by atoms with Gasteiger partial charge in [-0.3, -0.25) is 0 Å². The first-order valence-electron chi connectivity index (χ1n) is 3.82. The molecule has 4 heteroatoms. The van der Waals surface area contributed by atoms with Crippen molar-refractivity contribution < 1.29 is 0 Å². The van der Waals surface area contributed by atoms with Crippen LogP contribution < -0.4 is 5.73 Å². The molecule has 2 rings (SSSR count). The lowest BCUT2D eigenvalue weighted by atomic mass is 10.2. The zero-order valence-corrected chi connectivity index (χ0v) is 9.60. The summed E-state index contributed by atoms with van der Waals surface area (Å²) in [6, 6.07) is 2.07. The molecule has 1 aromatic rings. The van der Waals surface area contributed by atoms with Crippen LogP contribution >= 0.6 is 38.9 Å². The Labute approximate surface area is 89.0 Å². The molecule has 1 fully saturated rings. The SMILES string of the molecule is NC1(Cc2cc(Br)c(Cl)s2)CC1. The van der Waals surface area contributed by atoms with Crippen molar-refractivity contribution >= 4 is 38.9 Å². The van der Waals surface area contributed by atoms with Gasteiger partial charge in [-0.25, -0.2) is 0 Å². The second-order valence-electron chi connectivity index (χ2n) is 3.37. The van der Waals surface area contributed by atoms with Crippen LogP contribution in [0.3, 0.4) is 0 Å². The Kier molecular flexibility index (Phi) is 2.24. The molecular formula is C8H9BrClNS. The van der Waals surface area contributed by atoms with Gasteiger partial charge in [0.15, 0.2) is 0 Å². The van der Waals surface area contributed by atoms with Crippen LogP contribution in [0.5, 0.6) is 0 Å². The molecule has 1 nitrogen and oxygen atoms in total. The third-order valence-electron chi connectivity index (χ3n) is 2.11. The van der Waals surface area contributed by atoms with E-state index in [2.05, 4.69) is 22.0 Å². The monoisotopic (exact) mass is 265 g/mol. The second-order valence-corrected chi connectivity index (χ2v) is 5.97. The van der Waals surface area contributed by atoms with Crippen LogP contribution in [0.1, 0.15) is 17.7 Å². The summed E-state index contributed by atoms with van der Waals surface area (Å²) in [5.41, 5.74) is 6.08. The third kappa shape index (κ3) is 1.84. The highest BCUT2D eigenvalue weighted by Crippen LogP contribution is 2.40. The van der Waals surface area contributed by atoms with Crippen LogP contribution in [0, 0.1) is 0 Å². The van der Waals surface area contributed by atoms with E-state index >= 15 is 0 Å². The molecular weight excluding hydrogens is 258 g/mol. The van der Waals surface area contributed by atoms with Crippen LogP contribution in [0.15, 0.2) is 10.5 Å². The maximum absolute atomic E-state index is 5.99. The normalized spacial score (nSPS) is 19.6. The smallest absolute Gasteiger partial charge is 0.107 e. The number of halogens is 2. The molecule has 1 saturated carbocycles. The predicted octanol–water partition coefficient (Wildman–Crippen LogP) is 3.20. The molecule has 1 aliphatic rings. The van der Waals surface area contributed by atoms with Crippen molar-refractivity contribution in [1.29, 1.82) is 0 Å². The lowest BCUT2D eigenvalue weighted by Crippen LogP contribution is -2.23. The molecule has 0 aromatic carbocycles. The van der Waals surface area contributed by atoms with Crippen molar-refractivity contribution in [3.8, 4) is 0 Å². The molecule has 1 aromatic heterocycles. The molecule has 1 heterocycles. The highest BCUT2D eigenvalue weighted by Gasteiger charge is 2.38. The minimum atomic E-state index is 0.0909. The molecule has 0 unspecified atom stereocenters. The van der Waals surface area contributed by atoms with Crippen LogP contribution in [-0.4, -0.2) is 5.54 Å². The minimum Gasteiger partial charge on any atom is -0.325 e. The third-order valence-corrected chi connectivity index (χ3v) is 4.59. The van der Waals surface area contributed by atoms with Gasteiger partial charge in [0.1, 0.15) is 4.34 Å². The summed E-state index contributed by atoms with van der Waals surface area (Å²) in [4.78, 5) is 1.28. The number of hydrogen-bond acceptors (Lipinski definition) is 2. The van der Waals surface area contributed by atoms with Crippen molar-refractivity contribution in [2.24, 2.45) is 5.73 Å². The first-order valence-corrected chi connectivity index (χ1v) is 5.80. The van der Waals surface area contributed by atoms with Crippen LogP contribution in [-0.2, 0) is 6.42 Å². The Balaban J connectivity index is 2.13. The summed E-state index contributed by atoms with van der Waals surface area (Å²) in [7, 11) is 0. The standard InChI is InChI=1S/C8H9BrClNS/c9-6-3-5(12-7(6)10)4-8(11)1-2-8/h3H,1-2,4,11H2. The molecule has 2 N–H and O–H groups in total. The molecule has 1 aliphatic carbocycles. The van der Waals surface area contributed by atoms with Crippen molar-refractivity contribution in [2.75, 3.05) is 0 Å². The number of thiophene rings is 1. The van der Waals surface area contributed by atoms with E-state index in [0.717, 1.165) is 28.1 Å². The van der Waals surface area contributed by atoms with Gasteiger partial charge in [0.2, 0.25) is 0 Å². The summed E-state index contributed by atoms with van der Waals surface area (Å²) < 4.78 is 1.82. The van der Waals surface area contributed by atoms with Gasteiger partial charge in [-0.15, -0.1) is 11.3 Å². The summed E-state index contributed by atoms with van der Waals surface area (Å²) >= 11 is 10.9. The maximum atomic E-state index is 5.99. The molecule has 0 aliphatic heterocycles. The van der Waals surface area contributed by atoms with Crippen LogP contribution in [0.2, 0.25) is 4.34 Å². The zero-order valence-electron chi connectivity index (χ0n) is 6.44. The van der Waals surface area contributed by atoms with Gasteiger partial charge in [0.25, 0.3) is 0 Å². The van der Waals surface area contributed by atoms with E-state index in [0.29, 0.717) is 0 Å². The number of hydrogen-bond donors (Lipinski definition) is 1. The highest BCUT2D eigenvalue weighted by molar-refractivity contribution is 9.10. The fraction of sp³-hybridized carbons (Fsp3) is 0.500. The second kappa shape index (κ2) is 2.98. The summed E-state index contributed by atoms with van der Waals surface area (Å²) in [5, 5.41) is 0. The predicted molar refractivity (Wildman–Crippen MR) is 56.9 cm³/mol. The summed E-state index contributed by atoms with van der Waals surface area (Å²) in [5.74, 6) is 0.